The van der Waals surface area contributed by atoms with Crippen LogP contribution >= 0.6 is 0 Å². The van der Waals surface area contributed by atoms with Crippen molar-refractivity contribution in [1.29, 1.82) is 0 Å². The van der Waals surface area contributed by atoms with Crippen molar-refractivity contribution < 1.29 is 4.42 Å². The van der Waals surface area contributed by atoms with Gasteiger partial charge in [-0.2, -0.15) is 0 Å². The first-order valence-corrected chi connectivity index (χ1v) is 8.95. The van der Waals surface area contributed by atoms with Gasteiger partial charge < -0.3 is 9.32 Å². The zero-order chi connectivity index (χ0) is 17.8. The maximum absolute atomic E-state index is 6.25. The lowest BCUT2D eigenvalue weighted by Crippen LogP contribution is -2.42. The molecule has 0 radical (unpaired) electrons. The summed E-state index contributed by atoms with van der Waals surface area (Å²) in [6.45, 7) is 6.55. The van der Waals surface area contributed by atoms with Crippen LogP contribution in [0.1, 0.15) is 20.8 Å². The summed E-state index contributed by atoms with van der Waals surface area (Å²) in [5, 5.41) is 2.26. The van der Waals surface area contributed by atoms with Crippen molar-refractivity contribution in [3.05, 3.63) is 54.9 Å². The monoisotopic (exact) mass is 344 g/mol. The van der Waals surface area contributed by atoms with Crippen molar-refractivity contribution in [1.82, 2.24) is 9.97 Å². The van der Waals surface area contributed by atoms with Gasteiger partial charge in [0.25, 0.3) is 0 Å². The Morgan fingerprint density at radius 1 is 0.923 bits per heavy atom. The van der Waals surface area contributed by atoms with Gasteiger partial charge in [0.15, 0.2) is 17.2 Å². The van der Waals surface area contributed by atoms with Gasteiger partial charge in [-0.25, -0.2) is 9.97 Å². The molecule has 0 saturated carbocycles. The highest BCUT2D eigenvalue weighted by Crippen LogP contribution is 2.45. The average molecular weight is 344 g/mol. The summed E-state index contributed by atoms with van der Waals surface area (Å²) < 4.78 is 6.25. The van der Waals surface area contributed by atoms with Gasteiger partial charge in [-0.15, -0.1) is 0 Å². The maximum atomic E-state index is 6.25. The van der Waals surface area contributed by atoms with E-state index in [0.29, 0.717) is 6.04 Å². The number of benzene rings is 2. The lowest BCUT2D eigenvalue weighted by Gasteiger charge is -2.31. The Morgan fingerprint density at radius 2 is 1.65 bits per heavy atom. The van der Waals surface area contributed by atoms with Gasteiger partial charge >= 0.3 is 0 Å². The lowest BCUT2D eigenvalue weighted by molar-refractivity contribution is 0.598. The summed E-state index contributed by atoms with van der Waals surface area (Å²) in [4.78, 5) is 13.8. The Bertz CT molecular complexity index is 1120. The molecule has 0 aliphatic carbocycles. The molecule has 4 aromatic rings. The van der Waals surface area contributed by atoms with Gasteiger partial charge in [-0.1, -0.05) is 30.3 Å². The molecular formula is C21H20N4O. The van der Waals surface area contributed by atoms with Crippen LogP contribution in [0.3, 0.4) is 0 Å². The van der Waals surface area contributed by atoms with Crippen molar-refractivity contribution in [2.75, 3.05) is 9.80 Å². The minimum Gasteiger partial charge on any atom is -0.454 e. The number of furan rings is 1. The van der Waals surface area contributed by atoms with E-state index in [9.17, 15) is 0 Å². The Labute approximate surface area is 151 Å². The number of aromatic nitrogens is 2. The number of anilines is 3. The molecule has 5 heteroatoms. The number of hydrogen-bond donors (Lipinski definition) is 0. The van der Waals surface area contributed by atoms with E-state index in [4.69, 9.17) is 4.42 Å². The summed E-state index contributed by atoms with van der Waals surface area (Å²) in [5.74, 6) is 1.80. The minimum atomic E-state index is 0.103. The van der Waals surface area contributed by atoms with Crippen LogP contribution < -0.4 is 9.80 Å². The van der Waals surface area contributed by atoms with Gasteiger partial charge in [0.2, 0.25) is 0 Å². The van der Waals surface area contributed by atoms with E-state index < -0.39 is 0 Å². The molecule has 1 unspecified atom stereocenters. The van der Waals surface area contributed by atoms with E-state index in [2.05, 4.69) is 64.8 Å². The molecule has 1 aliphatic heterocycles. The molecule has 0 fully saturated rings. The first-order chi connectivity index (χ1) is 12.7. The highest BCUT2D eigenvalue weighted by Gasteiger charge is 2.38. The van der Waals surface area contributed by atoms with Crippen molar-refractivity contribution >= 4 is 39.3 Å². The van der Waals surface area contributed by atoms with Crippen LogP contribution in [-0.2, 0) is 0 Å². The minimum absolute atomic E-state index is 0.103. The second-order valence-corrected chi connectivity index (χ2v) is 6.96. The quantitative estimate of drug-likeness (QED) is 0.507. The Hall–Kier alpha value is -3.08. The van der Waals surface area contributed by atoms with Gasteiger partial charge in [0.05, 0.1) is 5.69 Å². The normalized spacial score (nSPS) is 16.8. The van der Waals surface area contributed by atoms with Gasteiger partial charge in [-0.05, 0) is 32.9 Å². The zero-order valence-corrected chi connectivity index (χ0v) is 15.0. The van der Waals surface area contributed by atoms with Crippen LogP contribution in [-0.4, -0.2) is 22.2 Å². The van der Waals surface area contributed by atoms with Crippen LogP contribution in [0.4, 0.5) is 17.3 Å². The topological polar surface area (TPSA) is 45.4 Å². The molecule has 1 aliphatic rings. The SMILES string of the molecule is CC(C)N1c2nccnc2N(c2cccc3c2oc2ccccc23)C1C. The highest BCUT2D eigenvalue weighted by atomic mass is 16.3. The smallest absolute Gasteiger partial charge is 0.178 e. The summed E-state index contributed by atoms with van der Waals surface area (Å²) in [6, 6.07) is 14.8. The molecule has 0 bridgehead atoms. The Morgan fingerprint density at radius 3 is 2.46 bits per heavy atom. The number of nitrogens with zero attached hydrogens (tertiary/aromatic N) is 4. The third-order valence-electron chi connectivity index (χ3n) is 5.11. The molecule has 5 rings (SSSR count). The molecule has 130 valence electrons. The van der Waals surface area contributed by atoms with Crippen molar-refractivity contribution in [3.63, 3.8) is 0 Å². The van der Waals surface area contributed by atoms with Crippen molar-refractivity contribution in [2.24, 2.45) is 0 Å². The molecule has 2 aromatic carbocycles. The fourth-order valence-electron chi connectivity index (χ4n) is 4.07. The van der Waals surface area contributed by atoms with E-state index in [1.54, 1.807) is 12.4 Å². The molecule has 0 spiro atoms. The predicted octanol–water partition coefficient (Wildman–Crippen LogP) is 5.09. The summed E-state index contributed by atoms with van der Waals surface area (Å²) in [6.07, 6.45) is 3.61. The fourth-order valence-corrected chi connectivity index (χ4v) is 4.07. The molecule has 0 N–H and O–H groups in total. The van der Waals surface area contributed by atoms with E-state index in [1.807, 2.05) is 18.2 Å². The van der Waals surface area contributed by atoms with Crippen LogP contribution in [0, 0.1) is 0 Å². The summed E-state index contributed by atoms with van der Waals surface area (Å²) in [5.41, 5.74) is 2.82. The molecular weight excluding hydrogens is 324 g/mol. The van der Waals surface area contributed by atoms with Crippen LogP contribution in [0.15, 0.2) is 59.3 Å². The van der Waals surface area contributed by atoms with E-state index in [0.717, 1.165) is 39.3 Å². The molecule has 0 saturated heterocycles. The number of fused-ring (bicyclic) bond motifs is 4. The van der Waals surface area contributed by atoms with Crippen molar-refractivity contribution in [2.45, 2.75) is 33.0 Å². The average Bonchev–Trinajstić information content (AvgIpc) is 3.16. The number of hydrogen-bond acceptors (Lipinski definition) is 5. The molecule has 2 aromatic heterocycles. The van der Waals surface area contributed by atoms with Gasteiger partial charge in [0.1, 0.15) is 11.7 Å². The predicted molar refractivity (Wildman–Crippen MR) is 105 cm³/mol. The second-order valence-electron chi connectivity index (χ2n) is 6.96. The van der Waals surface area contributed by atoms with Crippen LogP contribution in [0.5, 0.6) is 0 Å². The maximum Gasteiger partial charge on any atom is 0.178 e. The molecule has 5 nitrogen and oxygen atoms in total. The standard InChI is InChI=1S/C21H20N4O/c1-13(2)24-14(3)25(21-20(24)22-11-12-23-21)17-9-6-8-16-15-7-4-5-10-18(15)26-19(16)17/h4-14H,1-3H3. The van der Waals surface area contributed by atoms with E-state index >= 15 is 0 Å². The number of para-hydroxylation sites is 2. The van der Waals surface area contributed by atoms with Gasteiger partial charge in [0, 0.05) is 29.2 Å². The molecule has 3 heterocycles. The summed E-state index contributed by atoms with van der Waals surface area (Å²) >= 11 is 0. The van der Waals surface area contributed by atoms with Gasteiger partial charge in [-0.3, -0.25) is 4.90 Å². The Balaban J connectivity index is 1.78. The fraction of sp³-hybridized carbons (Fsp3) is 0.238. The second kappa shape index (κ2) is 5.46. The van der Waals surface area contributed by atoms with Crippen LogP contribution in [0.2, 0.25) is 0 Å². The van der Waals surface area contributed by atoms with E-state index in [1.165, 1.54) is 0 Å². The van der Waals surface area contributed by atoms with Crippen LogP contribution in [0.25, 0.3) is 21.9 Å². The third kappa shape index (κ3) is 1.97. The lowest BCUT2D eigenvalue weighted by atomic mass is 10.1. The van der Waals surface area contributed by atoms with Crippen molar-refractivity contribution in [3.8, 4) is 0 Å². The first kappa shape index (κ1) is 15.2. The molecule has 0 amide bonds. The molecule has 26 heavy (non-hydrogen) atoms. The molecule has 1 atom stereocenters. The third-order valence-corrected chi connectivity index (χ3v) is 5.11. The highest BCUT2D eigenvalue weighted by molar-refractivity contribution is 6.09. The summed E-state index contributed by atoms with van der Waals surface area (Å²) in [7, 11) is 0. The largest absolute Gasteiger partial charge is 0.454 e. The zero-order valence-electron chi connectivity index (χ0n) is 15.0. The Kier molecular flexibility index (Phi) is 3.19. The van der Waals surface area contributed by atoms with E-state index in [-0.39, 0.29) is 6.17 Å². The first-order valence-electron chi connectivity index (χ1n) is 8.95. The number of rotatable bonds is 2.